The summed E-state index contributed by atoms with van der Waals surface area (Å²) >= 11 is 0. The van der Waals surface area contributed by atoms with Gasteiger partial charge in [0.15, 0.2) is 0 Å². The summed E-state index contributed by atoms with van der Waals surface area (Å²) < 4.78 is 5.32. The Hall–Kier alpha value is -0.120. The summed E-state index contributed by atoms with van der Waals surface area (Å²) in [4.78, 5) is 2.64. The van der Waals surface area contributed by atoms with Crippen LogP contribution >= 0.6 is 0 Å². The number of likely N-dealkylation sites (tertiary alicyclic amines) is 1. The average molecular weight is 210 g/mol. The summed E-state index contributed by atoms with van der Waals surface area (Å²) in [5.74, 6) is 0. The van der Waals surface area contributed by atoms with Crippen molar-refractivity contribution in [2.75, 3.05) is 46.4 Å². The molecule has 2 saturated heterocycles. The maximum absolute atomic E-state index is 5.32. The molecule has 0 atom stereocenters. The van der Waals surface area contributed by atoms with Crippen LogP contribution in [0.5, 0.6) is 0 Å². The number of methoxy groups -OCH3 is 1. The second-order valence-electron chi connectivity index (χ2n) is 6.00. The van der Waals surface area contributed by atoms with Gasteiger partial charge >= 0.3 is 0 Å². The van der Waals surface area contributed by atoms with Crippen molar-refractivity contribution in [3.05, 3.63) is 0 Å². The van der Waals surface area contributed by atoms with Crippen LogP contribution < -0.4 is 5.32 Å². The minimum atomic E-state index is 0.544. The van der Waals surface area contributed by atoms with E-state index in [2.05, 4.69) is 10.2 Å². The van der Waals surface area contributed by atoms with Gasteiger partial charge in [0.25, 0.3) is 0 Å². The van der Waals surface area contributed by atoms with Crippen molar-refractivity contribution in [1.82, 2.24) is 10.2 Å². The van der Waals surface area contributed by atoms with Crippen LogP contribution in [0.1, 0.15) is 19.3 Å². The number of ether oxygens (including phenoxy) is 1. The quantitative estimate of drug-likeness (QED) is 0.739. The minimum absolute atomic E-state index is 0.544. The fourth-order valence-electron chi connectivity index (χ4n) is 3.38. The van der Waals surface area contributed by atoms with Crippen LogP contribution in [0, 0.1) is 10.8 Å². The first kappa shape index (κ1) is 10.1. The molecule has 3 heteroatoms. The highest BCUT2D eigenvalue weighted by Crippen LogP contribution is 2.48. The van der Waals surface area contributed by atoms with Gasteiger partial charge in [0.2, 0.25) is 0 Å². The van der Waals surface area contributed by atoms with E-state index >= 15 is 0 Å². The van der Waals surface area contributed by atoms with Crippen LogP contribution in [0.4, 0.5) is 0 Å². The summed E-state index contributed by atoms with van der Waals surface area (Å²) in [6.07, 6.45) is 4.14. The van der Waals surface area contributed by atoms with Crippen LogP contribution in [0.25, 0.3) is 0 Å². The number of nitrogens with one attached hydrogen (secondary N) is 1. The molecule has 0 radical (unpaired) electrons. The number of hydrogen-bond acceptors (Lipinski definition) is 3. The molecular formula is C12H22N2O. The van der Waals surface area contributed by atoms with Crippen molar-refractivity contribution < 1.29 is 4.74 Å². The summed E-state index contributed by atoms with van der Waals surface area (Å²) in [6, 6.07) is 0. The van der Waals surface area contributed by atoms with E-state index in [1.807, 2.05) is 7.11 Å². The van der Waals surface area contributed by atoms with Gasteiger partial charge in [-0.15, -0.1) is 0 Å². The molecule has 3 rings (SSSR count). The monoisotopic (exact) mass is 210 g/mol. The third-order valence-corrected chi connectivity index (χ3v) is 4.42. The van der Waals surface area contributed by atoms with Crippen molar-refractivity contribution in [3.8, 4) is 0 Å². The zero-order chi connectivity index (χ0) is 10.4. The fraction of sp³-hybridized carbons (Fsp3) is 1.00. The second kappa shape index (κ2) is 3.44. The Morgan fingerprint density at radius 1 is 1.27 bits per heavy atom. The molecule has 1 saturated carbocycles. The Morgan fingerprint density at radius 2 is 2.07 bits per heavy atom. The first-order valence-corrected chi connectivity index (χ1v) is 6.18. The Kier molecular flexibility index (Phi) is 2.31. The lowest BCUT2D eigenvalue weighted by molar-refractivity contribution is -0.0104. The van der Waals surface area contributed by atoms with E-state index in [0.717, 1.165) is 6.61 Å². The molecule has 15 heavy (non-hydrogen) atoms. The SMILES string of the molecule is COCC1(CN2CC3(CCNC3)C2)CC1. The highest BCUT2D eigenvalue weighted by molar-refractivity contribution is 5.04. The topological polar surface area (TPSA) is 24.5 Å². The Labute approximate surface area is 92.2 Å². The number of hydrogen-bond donors (Lipinski definition) is 1. The predicted molar refractivity (Wildman–Crippen MR) is 59.9 cm³/mol. The Balaban J connectivity index is 1.47. The van der Waals surface area contributed by atoms with Gasteiger partial charge in [-0.2, -0.15) is 0 Å². The first-order chi connectivity index (χ1) is 7.26. The lowest BCUT2D eigenvalue weighted by Crippen LogP contribution is -2.58. The molecule has 1 N–H and O–H groups in total. The molecule has 1 spiro atoms. The molecule has 2 heterocycles. The summed E-state index contributed by atoms with van der Waals surface area (Å²) in [6.45, 7) is 7.38. The van der Waals surface area contributed by atoms with Crippen LogP contribution in [-0.2, 0) is 4.74 Å². The maximum atomic E-state index is 5.32. The van der Waals surface area contributed by atoms with E-state index in [4.69, 9.17) is 4.74 Å². The van der Waals surface area contributed by atoms with E-state index in [0.29, 0.717) is 10.8 Å². The van der Waals surface area contributed by atoms with E-state index in [1.54, 1.807) is 0 Å². The zero-order valence-electron chi connectivity index (χ0n) is 9.72. The first-order valence-electron chi connectivity index (χ1n) is 6.18. The molecule has 0 aromatic heterocycles. The van der Waals surface area contributed by atoms with Crippen molar-refractivity contribution in [1.29, 1.82) is 0 Å². The second-order valence-corrected chi connectivity index (χ2v) is 6.00. The number of nitrogens with zero attached hydrogens (tertiary/aromatic N) is 1. The molecular weight excluding hydrogens is 188 g/mol. The molecule has 0 aromatic rings. The summed E-state index contributed by atoms with van der Waals surface area (Å²) in [5.41, 5.74) is 1.20. The van der Waals surface area contributed by atoms with Gasteiger partial charge in [-0.05, 0) is 25.8 Å². The predicted octanol–water partition coefficient (Wildman–Crippen LogP) is 0.708. The standard InChI is InChI=1S/C12H22N2O/c1-15-10-11(2-3-11)7-14-8-12(9-14)4-5-13-6-12/h13H,2-10H2,1H3. The normalized spacial score (nSPS) is 31.8. The molecule has 1 aliphatic carbocycles. The molecule has 3 aliphatic rings. The van der Waals surface area contributed by atoms with Gasteiger partial charge in [0, 0.05) is 44.1 Å². The highest BCUT2D eigenvalue weighted by atomic mass is 16.5. The molecule has 0 bridgehead atoms. The smallest absolute Gasteiger partial charge is 0.0530 e. The summed E-state index contributed by atoms with van der Waals surface area (Å²) in [7, 11) is 1.83. The third-order valence-electron chi connectivity index (χ3n) is 4.42. The van der Waals surface area contributed by atoms with Gasteiger partial charge in [-0.25, -0.2) is 0 Å². The maximum Gasteiger partial charge on any atom is 0.0530 e. The molecule has 2 aliphatic heterocycles. The molecule has 86 valence electrons. The Morgan fingerprint density at radius 3 is 2.60 bits per heavy atom. The fourth-order valence-corrected chi connectivity index (χ4v) is 3.38. The van der Waals surface area contributed by atoms with E-state index < -0.39 is 0 Å². The lowest BCUT2D eigenvalue weighted by Gasteiger charge is -2.49. The zero-order valence-corrected chi connectivity index (χ0v) is 9.72. The van der Waals surface area contributed by atoms with Crippen LogP contribution in [-0.4, -0.2) is 51.3 Å². The summed E-state index contributed by atoms with van der Waals surface area (Å²) in [5, 5.41) is 3.49. The molecule has 0 unspecified atom stereocenters. The van der Waals surface area contributed by atoms with Gasteiger partial charge in [-0.1, -0.05) is 0 Å². The largest absolute Gasteiger partial charge is 0.384 e. The van der Waals surface area contributed by atoms with Crippen LogP contribution in [0.3, 0.4) is 0 Å². The van der Waals surface area contributed by atoms with Gasteiger partial charge < -0.3 is 15.0 Å². The Bertz CT molecular complexity index is 236. The van der Waals surface area contributed by atoms with Crippen LogP contribution in [0.15, 0.2) is 0 Å². The molecule has 0 amide bonds. The minimum Gasteiger partial charge on any atom is -0.384 e. The van der Waals surface area contributed by atoms with Gasteiger partial charge in [0.1, 0.15) is 0 Å². The lowest BCUT2D eigenvalue weighted by atomic mass is 9.78. The van der Waals surface area contributed by atoms with Crippen molar-refractivity contribution in [3.63, 3.8) is 0 Å². The molecule has 3 fully saturated rings. The van der Waals surface area contributed by atoms with Crippen molar-refractivity contribution in [2.24, 2.45) is 10.8 Å². The third kappa shape index (κ3) is 1.81. The van der Waals surface area contributed by atoms with Crippen LogP contribution in [0.2, 0.25) is 0 Å². The molecule has 3 nitrogen and oxygen atoms in total. The van der Waals surface area contributed by atoms with Crippen molar-refractivity contribution in [2.45, 2.75) is 19.3 Å². The average Bonchev–Trinajstić information content (AvgIpc) is 2.75. The van der Waals surface area contributed by atoms with Gasteiger partial charge in [0.05, 0.1) is 6.61 Å². The van der Waals surface area contributed by atoms with E-state index in [-0.39, 0.29) is 0 Å². The van der Waals surface area contributed by atoms with E-state index in [9.17, 15) is 0 Å². The molecule has 0 aromatic carbocycles. The van der Waals surface area contributed by atoms with Crippen molar-refractivity contribution >= 4 is 0 Å². The van der Waals surface area contributed by atoms with Gasteiger partial charge in [-0.3, -0.25) is 0 Å². The highest BCUT2D eigenvalue weighted by Gasteiger charge is 2.50. The van der Waals surface area contributed by atoms with E-state index in [1.165, 1.54) is 52.0 Å². The number of rotatable bonds is 4.